The van der Waals surface area contributed by atoms with Gasteiger partial charge in [0.15, 0.2) is 0 Å². The minimum atomic E-state index is -0.176. The summed E-state index contributed by atoms with van der Waals surface area (Å²) >= 11 is 0. The Hall–Kier alpha value is -4.00. The van der Waals surface area contributed by atoms with Gasteiger partial charge in [-0.3, -0.25) is 9.59 Å². The van der Waals surface area contributed by atoms with E-state index in [1.165, 1.54) is 18.4 Å². The zero-order chi connectivity index (χ0) is 29.2. The normalized spacial score (nSPS) is 13.2. The van der Waals surface area contributed by atoms with Gasteiger partial charge in [0, 0.05) is 56.2 Å². The maximum atomic E-state index is 13.7. The van der Waals surface area contributed by atoms with Gasteiger partial charge in [0.05, 0.1) is 18.4 Å². The highest BCUT2D eigenvalue weighted by molar-refractivity contribution is 6.06. The van der Waals surface area contributed by atoms with Gasteiger partial charge in [-0.25, -0.2) is 0 Å². The Morgan fingerprint density at radius 3 is 2.12 bits per heavy atom. The zero-order valence-corrected chi connectivity index (χ0v) is 25.0. The second-order valence-corrected chi connectivity index (χ2v) is 10.5. The number of para-hydroxylation sites is 2. The molecule has 0 radical (unpaired) electrons. The average molecular weight is 557 g/mol. The van der Waals surface area contributed by atoms with Gasteiger partial charge in [-0.1, -0.05) is 44.0 Å². The van der Waals surface area contributed by atoms with Crippen LogP contribution in [0, 0.1) is 0 Å². The lowest BCUT2D eigenvalue weighted by molar-refractivity contribution is 0.0773. The van der Waals surface area contributed by atoms with Crippen molar-refractivity contribution in [3.8, 4) is 5.75 Å². The SMILES string of the molecule is CCCCCc1ccc(C(=O)Nc2ccc(N3CCN(c4ccccc4OC)CC3)c(C(=O)N(CC)CC)c2)cc1. The summed E-state index contributed by atoms with van der Waals surface area (Å²) in [6, 6.07) is 21.6. The number of piperazine rings is 1. The van der Waals surface area contributed by atoms with Gasteiger partial charge in [0.2, 0.25) is 0 Å². The molecule has 1 N–H and O–H groups in total. The summed E-state index contributed by atoms with van der Waals surface area (Å²) in [5.41, 5.74) is 5.07. The number of amides is 2. The van der Waals surface area contributed by atoms with Crippen molar-refractivity contribution >= 4 is 28.9 Å². The molecular weight excluding hydrogens is 512 g/mol. The molecule has 0 atom stereocenters. The number of rotatable bonds is 12. The highest BCUT2D eigenvalue weighted by atomic mass is 16.5. The molecule has 3 aromatic carbocycles. The minimum absolute atomic E-state index is 0.0234. The van der Waals surface area contributed by atoms with Crippen molar-refractivity contribution in [2.45, 2.75) is 46.5 Å². The van der Waals surface area contributed by atoms with E-state index < -0.39 is 0 Å². The summed E-state index contributed by atoms with van der Waals surface area (Å²) in [6.07, 6.45) is 4.59. The van der Waals surface area contributed by atoms with E-state index in [1.54, 1.807) is 7.11 Å². The van der Waals surface area contributed by atoms with Crippen LogP contribution in [0.4, 0.5) is 17.1 Å². The van der Waals surface area contributed by atoms with Crippen LogP contribution in [0.15, 0.2) is 66.7 Å². The van der Waals surface area contributed by atoms with Crippen LogP contribution < -0.4 is 19.9 Å². The standard InChI is InChI=1S/C34H44N4O3/c1-5-8-9-12-26-15-17-27(18-16-26)33(39)35-28-19-20-30(29(25-28)34(40)36(6-2)7-3)37-21-23-38(24-22-37)31-13-10-11-14-32(31)41-4/h10-11,13-20,25H,5-9,12,21-24H2,1-4H3,(H,35,39). The van der Waals surface area contributed by atoms with Crippen molar-refractivity contribution in [2.75, 3.05) is 61.5 Å². The predicted molar refractivity (Wildman–Crippen MR) is 169 cm³/mol. The molecule has 0 saturated carbocycles. The Bertz CT molecular complexity index is 1300. The molecule has 0 spiro atoms. The summed E-state index contributed by atoms with van der Waals surface area (Å²) in [4.78, 5) is 33.2. The molecule has 7 nitrogen and oxygen atoms in total. The number of methoxy groups -OCH3 is 1. The molecule has 1 fully saturated rings. The largest absolute Gasteiger partial charge is 0.495 e. The van der Waals surface area contributed by atoms with Gasteiger partial charge in [0.25, 0.3) is 11.8 Å². The van der Waals surface area contributed by atoms with E-state index in [0.29, 0.717) is 29.9 Å². The van der Waals surface area contributed by atoms with Gasteiger partial charge in [-0.2, -0.15) is 0 Å². The molecule has 1 aliphatic rings. The van der Waals surface area contributed by atoms with Gasteiger partial charge in [-0.05, 0) is 74.7 Å². The molecule has 7 heteroatoms. The first-order valence-corrected chi connectivity index (χ1v) is 15.0. The topological polar surface area (TPSA) is 65.1 Å². The highest BCUT2D eigenvalue weighted by Crippen LogP contribution is 2.31. The van der Waals surface area contributed by atoms with E-state index in [-0.39, 0.29) is 11.8 Å². The fourth-order valence-electron chi connectivity index (χ4n) is 5.43. The number of benzene rings is 3. The molecule has 1 aliphatic heterocycles. The monoisotopic (exact) mass is 556 g/mol. The maximum Gasteiger partial charge on any atom is 0.256 e. The third-order valence-corrected chi connectivity index (χ3v) is 7.87. The number of ether oxygens (including phenoxy) is 1. The Kier molecular flexibility index (Phi) is 10.7. The molecule has 0 unspecified atom stereocenters. The van der Waals surface area contributed by atoms with E-state index in [4.69, 9.17) is 4.74 Å². The van der Waals surface area contributed by atoms with Crippen LogP contribution in [0.25, 0.3) is 0 Å². The number of hydrogen-bond donors (Lipinski definition) is 1. The Balaban J connectivity index is 1.51. The van der Waals surface area contributed by atoms with E-state index in [1.807, 2.05) is 79.4 Å². The second kappa shape index (κ2) is 14.6. The zero-order valence-electron chi connectivity index (χ0n) is 25.0. The average Bonchev–Trinajstić information content (AvgIpc) is 3.02. The predicted octanol–water partition coefficient (Wildman–Crippen LogP) is 6.49. The molecular formula is C34H44N4O3. The molecule has 0 aromatic heterocycles. The highest BCUT2D eigenvalue weighted by Gasteiger charge is 2.25. The first-order valence-electron chi connectivity index (χ1n) is 15.0. The molecule has 0 aliphatic carbocycles. The number of anilines is 3. The maximum absolute atomic E-state index is 13.7. The van der Waals surface area contributed by atoms with Crippen LogP contribution in [0.3, 0.4) is 0 Å². The summed E-state index contributed by atoms with van der Waals surface area (Å²) in [5, 5.41) is 3.02. The first kappa shape index (κ1) is 30.0. The smallest absolute Gasteiger partial charge is 0.256 e. The molecule has 218 valence electrons. The van der Waals surface area contributed by atoms with Gasteiger partial charge < -0.3 is 24.8 Å². The molecule has 1 heterocycles. The third kappa shape index (κ3) is 7.40. The number of carbonyl (C=O) groups excluding carboxylic acids is 2. The van der Waals surface area contributed by atoms with Crippen LogP contribution in [0.1, 0.15) is 66.3 Å². The van der Waals surface area contributed by atoms with Crippen molar-refractivity contribution < 1.29 is 14.3 Å². The molecule has 1 saturated heterocycles. The van der Waals surface area contributed by atoms with Crippen molar-refractivity contribution in [3.05, 3.63) is 83.4 Å². The summed E-state index contributed by atoms with van der Waals surface area (Å²) < 4.78 is 5.57. The fourth-order valence-corrected chi connectivity index (χ4v) is 5.43. The summed E-state index contributed by atoms with van der Waals surface area (Å²) in [6.45, 7) is 10.6. The molecule has 3 aromatic rings. The van der Waals surface area contributed by atoms with Gasteiger partial charge in [-0.15, -0.1) is 0 Å². The van der Waals surface area contributed by atoms with Crippen molar-refractivity contribution in [2.24, 2.45) is 0 Å². The van der Waals surface area contributed by atoms with Gasteiger partial charge >= 0.3 is 0 Å². The third-order valence-electron chi connectivity index (χ3n) is 7.87. The van der Waals surface area contributed by atoms with Crippen LogP contribution in [0.5, 0.6) is 5.75 Å². The number of carbonyl (C=O) groups is 2. The number of hydrogen-bond acceptors (Lipinski definition) is 5. The van der Waals surface area contributed by atoms with Crippen LogP contribution in [-0.2, 0) is 6.42 Å². The van der Waals surface area contributed by atoms with E-state index in [0.717, 1.165) is 56.1 Å². The summed E-state index contributed by atoms with van der Waals surface area (Å²) in [7, 11) is 1.70. The van der Waals surface area contributed by atoms with Crippen molar-refractivity contribution in [1.29, 1.82) is 0 Å². The summed E-state index contributed by atoms with van der Waals surface area (Å²) in [5.74, 6) is 0.666. The fraction of sp³-hybridized carbons (Fsp3) is 0.412. The Morgan fingerprint density at radius 1 is 0.829 bits per heavy atom. The number of nitrogens with zero attached hydrogens (tertiary/aromatic N) is 3. The number of nitrogens with one attached hydrogen (secondary N) is 1. The van der Waals surface area contributed by atoms with Crippen molar-refractivity contribution in [1.82, 2.24) is 4.90 Å². The molecule has 4 rings (SSSR count). The molecule has 41 heavy (non-hydrogen) atoms. The Morgan fingerprint density at radius 2 is 1.49 bits per heavy atom. The second-order valence-electron chi connectivity index (χ2n) is 10.5. The van der Waals surface area contributed by atoms with E-state index in [9.17, 15) is 9.59 Å². The number of unbranched alkanes of at least 4 members (excludes halogenated alkanes) is 2. The van der Waals surface area contributed by atoms with Gasteiger partial charge in [0.1, 0.15) is 5.75 Å². The lowest BCUT2D eigenvalue weighted by Gasteiger charge is -2.38. The van der Waals surface area contributed by atoms with Crippen LogP contribution in [-0.4, -0.2) is 63.1 Å². The lowest BCUT2D eigenvalue weighted by Crippen LogP contribution is -2.47. The van der Waals surface area contributed by atoms with Crippen LogP contribution >= 0.6 is 0 Å². The van der Waals surface area contributed by atoms with Crippen LogP contribution in [0.2, 0.25) is 0 Å². The lowest BCUT2D eigenvalue weighted by atomic mass is 10.0. The van der Waals surface area contributed by atoms with E-state index >= 15 is 0 Å². The van der Waals surface area contributed by atoms with Crippen molar-refractivity contribution in [3.63, 3.8) is 0 Å². The Labute approximate surface area is 245 Å². The molecule has 0 bridgehead atoms. The molecule has 2 amide bonds. The van der Waals surface area contributed by atoms with E-state index in [2.05, 4.69) is 28.1 Å². The minimum Gasteiger partial charge on any atom is -0.495 e. The number of aryl methyl sites for hydroxylation is 1. The first-order chi connectivity index (χ1) is 20.0. The quantitative estimate of drug-likeness (QED) is 0.258.